The molecule has 2 heterocycles. The standard InChI is InChI=1S/C20H19Br2N3O2S/c1-20-16(18(26)24(2)3)17(14-10-12(22)7-8-15(14)27-20)23-19(28)25(20)13-6-4-5-11(21)9-13/h4-10,16-17H,1-3H3,(H,23,28)/t16-,17-,20-/m0/s1. The predicted octanol–water partition coefficient (Wildman–Crippen LogP) is 4.46. The highest BCUT2D eigenvalue weighted by Crippen LogP contribution is 2.50. The SMILES string of the molecule is CN(C)C(=O)[C@@H]1[C@H]2NC(=S)N(c3cccc(Br)c3)[C@@]1(C)Oc1ccc(Br)cc12. The number of benzene rings is 2. The van der Waals surface area contributed by atoms with Gasteiger partial charge in [-0.05, 0) is 55.5 Å². The molecular formula is C20H19Br2N3O2S. The second-order valence-electron chi connectivity index (χ2n) is 7.29. The van der Waals surface area contributed by atoms with E-state index in [0.717, 1.165) is 25.9 Å². The lowest BCUT2D eigenvalue weighted by atomic mass is 9.78. The smallest absolute Gasteiger partial charge is 0.233 e. The van der Waals surface area contributed by atoms with Gasteiger partial charge in [-0.25, -0.2) is 0 Å². The number of carbonyl (C=O) groups is 1. The van der Waals surface area contributed by atoms with Crippen LogP contribution in [-0.4, -0.2) is 35.7 Å². The van der Waals surface area contributed by atoms with Gasteiger partial charge in [0, 0.05) is 34.3 Å². The zero-order chi connectivity index (χ0) is 20.2. The molecule has 4 rings (SSSR count). The summed E-state index contributed by atoms with van der Waals surface area (Å²) in [5.74, 6) is 0.233. The Hall–Kier alpha value is -1.64. The number of hydrogen-bond donors (Lipinski definition) is 1. The monoisotopic (exact) mass is 523 g/mol. The highest BCUT2D eigenvalue weighted by Gasteiger charge is 2.59. The third-order valence-electron chi connectivity index (χ3n) is 5.23. The predicted molar refractivity (Wildman–Crippen MR) is 120 cm³/mol. The Kier molecular flexibility index (Phi) is 4.92. The van der Waals surface area contributed by atoms with Crippen LogP contribution in [0.2, 0.25) is 0 Å². The summed E-state index contributed by atoms with van der Waals surface area (Å²) >= 11 is 12.8. The number of ether oxygens (including phenoxy) is 1. The quantitative estimate of drug-likeness (QED) is 0.587. The van der Waals surface area contributed by atoms with E-state index in [4.69, 9.17) is 17.0 Å². The normalized spacial score (nSPS) is 25.5. The number of nitrogens with one attached hydrogen (secondary N) is 1. The minimum absolute atomic E-state index is 0.0203. The van der Waals surface area contributed by atoms with E-state index in [1.807, 2.05) is 54.3 Å². The number of carbonyl (C=O) groups excluding carboxylic acids is 1. The van der Waals surface area contributed by atoms with E-state index in [1.165, 1.54) is 0 Å². The molecular weight excluding hydrogens is 506 g/mol. The molecule has 1 saturated heterocycles. The lowest BCUT2D eigenvalue weighted by Crippen LogP contribution is -2.72. The summed E-state index contributed by atoms with van der Waals surface area (Å²) in [5, 5.41) is 3.93. The van der Waals surface area contributed by atoms with Crippen molar-refractivity contribution in [3.63, 3.8) is 0 Å². The largest absolute Gasteiger partial charge is 0.467 e. The summed E-state index contributed by atoms with van der Waals surface area (Å²) in [7, 11) is 3.53. The summed E-state index contributed by atoms with van der Waals surface area (Å²) in [4.78, 5) is 16.8. The minimum Gasteiger partial charge on any atom is -0.467 e. The van der Waals surface area contributed by atoms with Crippen molar-refractivity contribution in [1.29, 1.82) is 0 Å². The maximum absolute atomic E-state index is 13.3. The molecule has 1 amide bonds. The molecule has 2 aliphatic heterocycles. The Morgan fingerprint density at radius 2 is 1.93 bits per heavy atom. The molecule has 28 heavy (non-hydrogen) atoms. The number of amides is 1. The average molecular weight is 525 g/mol. The van der Waals surface area contributed by atoms with Gasteiger partial charge in [0.15, 0.2) is 10.8 Å². The third-order valence-corrected chi connectivity index (χ3v) is 6.52. The van der Waals surface area contributed by atoms with Crippen LogP contribution < -0.4 is 15.0 Å². The molecule has 0 saturated carbocycles. The van der Waals surface area contributed by atoms with Crippen LogP contribution in [0.4, 0.5) is 5.69 Å². The van der Waals surface area contributed by atoms with Gasteiger partial charge in [0.2, 0.25) is 5.91 Å². The van der Waals surface area contributed by atoms with Crippen LogP contribution in [0.25, 0.3) is 0 Å². The fraction of sp³-hybridized carbons (Fsp3) is 0.300. The van der Waals surface area contributed by atoms with Crippen LogP contribution in [0.1, 0.15) is 18.5 Å². The van der Waals surface area contributed by atoms with Crippen molar-refractivity contribution in [2.45, 2.75) is 18.7 Å². The molecule has 2 aromatic carbocycles. The molecule has 2 bridgehead atoms. The van der Waals surface area contributed by atoms with Crippen molar-refractivity contribution in [1.82, 2.24) is 10.2 Å². The van der Waals surface area contributed by atoms with Gasteiger partial charge in [0.05, 0.1) is 6.04 Å². The second-order valence-corrected chi connectivity index (χ2v) is 9.51. The van der Waals surface area contributed by atoms with Crippen LogP contribution in [0.3, 0.4) is 0 Å². The Balaban J connectivity index is 1.93. The first-order valence-electron chi connectivity index (χ1n) is 8.78. The third kappa shape index (κ3) is 3.02. The lowest BCUT2D eigenvalue weighted by molar-refractivity contribution is -0.144. The number of nitrogens with zero attached hydrogens (tertiary/aromatic N) is 2. The summed E-state index contributed by atoms with van der Waals surface area (Å²) in [6.07, 6.45) is 0. The molecule has 0 spiro atoms. The Morgan fingerprint density at radius 3 is 2.61 bits per heavy atom. The second kappa shape index (κ2) is 7.00. The molecule has 0 radical (unpaired) electrons. The van der Waals surface area contributed by atoms with E-state index in [2.05, 4.69) is 37.2 Å². The van der Waals surface area contributed by atoms with Crippen LogP contribution in [-0.2, 0) is 4.79 Å². The van der Waals surface area contributed by atoms with Crippen molar-refractivity contribution in [3.05, 3.63) is 57.0 Å². The summed E-state index contributed by atoms with van der Waals surface area (Å²) < 4.78 is 8.37. The number of anilines is 1. The van der Waals surface area contributed by atoms with Crippen LogP contribution in [0.15, 0.2) is 51.4 Å². The van der Waals surface area contributed by atoms with E-state index in [1.54, 1.807) is 19.0 Å². The topological polar surface area (TPSA) is 44.8 Å². The molecule has 0 aromatic heterocycles. The number of hydrogen-bond acceptors (Lipinski definition) is 3. The Morgan fingerprint density at radius 1 is 1.21 bits per heavy atom. The van der Waals surface area contributed by atoms with Crippen molar-refractivity contribution in [3.8, 4) is 5.75 Å². The van der Waals surface area contributed by atoms with Crippen molar-refractivity contribution in [2.24, 2.45) is 5.92 Å². The van der Waals surface area contributed by atoms with Gasteiger partial charge in [-0.15, -0.1) is 0 Å². The maximum atomic E-state index is 13.3. The van der Waals surface area contributed by atoms with Crippen LogP contribution in [0.5, 0.6) is 5.75 Å². The van der Waals surface area contributed by atoms with Crippen molar-refractivity contribution < 1.29 is 9.53 Å². The fourth-order valence-corrected chi connectivity index (χ4v) is 5.19. The van der Waals surface area contributed by atoms with Gasteiger partial charge in [-0.3, -0.25) is 9.69 Å². The van der Waals surface area contributed by atoms with E-state index in [-0.39, 0.29) is 11.9 Å². The van der Waals surface area contributed by atoms with E-state index in [0.29, 0.717) is 5.11 Å². The van der Waals surface area contributed by atoms with E-state index < -0.39 is 11.6 Å². The van der Waals surface area contributed by atoms with Crippen LogP contribution >= 0.6 is 44.1 Å². The number of rotatable bonds is 2. The molecule has 0 unspecified atom stereocenters. The van der Waals surface area contributed by atoms with E-state index in [9.17, 15) is 4.79 Å². The molecule has 1 fully saturated rings. The fourth-order valence-electron chi connectivity index (χ4n) is 4.01. The average Bonchev–Trinajstić information content (AvgIpc) is 2.61. The zero-order valence-corrected chi connectivity index (χ0v) is 19.6. The van der Waals surface area contributed by atoms with Gasteiger partial charge < -0.3 is 15.0 Å². The molecule has 2 aromatic rings. The molecule has 8 heteroatoms. The van der Waals surface area contributed by atoms with Gasteiger partial charge in [0.25, 0.3) is 0 Å². The van der Waals surface area contributed by atoms with Gasteiger partial charge in [-0.1, -0.05) is 37.9 Å². The Bertz CT molecular complexity index is 984. The van der Waals surface area contributed by atoms with Crippen molar-refractivity contribution >= 4 is 60.8 Å². The minimum atomic E-state index is -0.976. The highest BCUT2D eigenvalue weighted by molar-refractivity contribution is 9.10. The summed E-state index contributed by atoms with van der Waals surface area (Å²) in [5.41, 5.74) is 0.795. The summed E-state index contributed by atoms with van der Waals surface area (Å²) in [6.45, 7) is 1.94. The number of fused-ring (bicyclic) bond motifs is 4. The molecule has 5 nitrogen and oxygen atoms in total. The molecule has 3 atom stereocenters. The first-order valence-corrected chi connectivity index (χ1v) is 10.8. The maximum Gasteiger partial charge on any atom is 0.233 e. The molecule has 0 aliphatic carbocycles. The zero-order valence-electron chi connectivity index (χ0n) is 15.6. The number of thiocarbonyl (C=S) groups is 1. The van der Waals surface area contributed by atoms with Gasteiger partial charge in [0.1, 0.15) is 11.7 Å². The van der Waals surface area contributed by atoms with Crippen molar-refractivity contribution in [2.75, 3.05) is 19.0 Å². The highest BCUT2D eigenvalue weighted by atomic mass is 79.9. The summed E-state index contributed by atoms with van der Waals surface area (Å²) in [6, 6.07) is 13.4. The van der Waals surface area contributed by atoms with E-state index >= 15 is 0 Å². The molecule has 1 N–H and O–H groups in total. The van der Waals surface area contributed by atoms with Gasteiger partial charge >= 0.3 is 0 Å². The molecule has 2 aliphatic rings. The first-order chi connectivity index (χ1) is 13.2. The van der Waals surface area contributed by atoms with Gasteiger partial charge in [-0.2, -0.15) is 0 Å². The van der Waals surface area contributed by atoms with Crippen LogP contribution in [0, 0.1) is 5.92 Å². The lowest BCUT2D eigenvalue weighted by Gasteiger charge is -2.56. The Labute approximate surface area is 186 Å². The first kappa shape index (κ1) is 19.7. The molecule has 146 valence electrons. The number of halogens is 2.